The van der Waals surface area contributed by atoms with Gasteiger partial charge in [0.05, 0.1) is 10.6 Å². The molecule has 6 nitrogen and oxygen atoms in total. The smallest absolute Gasteiger partial charge is 0.335 e. The van der Waals surface area contributed by atoms with Crippen molar-refractivity contribution < 1.29 is 19.4 Å². The van der Waals surface area contributed by atoms with Crippen LogP contribution in [0.2, 0.25) is 5.02 Å². The number of carboxylic acids is 1. The van der Waals surface area contributed by atoms with E-state index in [9.17, 15) is 9.59 Å². The van der Waals surface area contributed by atoms with Gasteiger partial charge in [-0.25, -0.2) is 9.78 Å². The Morgan fingerprint density at radius 3 is 2.65 bits per heavy atom. The number of aromatic carboxylic acids is 1. The normalized spacial score (nSPS) is 10.1. The van der Waals surface area contributed by atoms with Crippen molar-refractivity contribution in [3.05, 3.63) is 52.7 Å². The highest BCUT2D eigenvalue weighted by Crippen LogP contribution is 2.30. The zero-order valence-electron chi connectivity index (χ0n) is 10.0. The molecule has 20 heavy (non-hydrogen) atoms. The highest BCUT2D eigenvalue weighted by molar-refractivity contribution is 6.32. The van der Waals surface area contributed by atoms with Crippen LogP contribution in [0.1, 0.15) is 20.7 Å². The molecule has 2 rings (SSSR count). The van der Waals surface area contributed by atoms with E-state index in [-0.39, 0.29) is 27.8 Å². The zero-order valence-corrected chi connectivity index (χ0v) is 10.8. The largest absolute Gasteiger partial charge is 0.478 e. The van der Waals surface area contributed by atoms with Crippen LogP contribution in [-0.4, -0.2) is 22.0 Å². The lowest BCUT2D eigenvalue weighted by Gasteiger charge is -2.09. The van der Waals surface area contributed by atoms with E-state index in [2.05, 4.69) is 4.98 Å². The Morgan fingerprint density at radius 1 is 1.30 bits per heavy atom. The highest BCUT2D eigenvalue weighted by Gasteiger charge is 2.14. The van der Waals surface area contributed by atoms with Crippen LogP contribution >= 0.6 is 11.6 Å². The molecule has 1 aromatic heterocycles. The third-order valence-electron chi connectivity index (χ3n) is 2.42. The molecule has 0 spiro atoms. The van der Waals surface area contributed by atoms with E-state index in [1.165, 1.54) is 30.5 Å². The number of benzene rings is 1. The molecule has 0 radical (unpaired) electrons. The monoisotopic (exact) mass is 292 g/mol. The summed E-state index contributed by atoms with van der Waals surface area (Å²) in [5, 5.41) is 8.92. The summed E-state index contributed by atoms with van der Waals surface area (Å²) in [4.78, 5) is 25.9. The number of carboxylic acid groups (broad SMARTS) is 1. The van der Waals surface area contributed by atoms with Crippen LogP contribution in [0, 0.1) is 0 Å². The Morgan fingerprint density at radius 2 is 2.05 bits per heavy atom. The number of amides is 1. The molecule has 0 saturated carbocycles. The average Bonchev–Trinajstić information content (AvgIpc) is 2.41. The fourth-order valence-electron chi connectivity index (χ4n) is 1.48. The number of nitrogens with zero attached hydrogens (tertiary/aromatic N) is 1. The van der Waals surface area contributed by atoms with Gasteiger partial charge in [-0.2, -0.15) is 0 Å². The van der Waals surface area contributed by atoms with E-state index in [1.54, 1.807) is 6.07 Å². The molecule has 1 aromatic carbocycles. The first-order valence-corrected chi connectivity index (χ1v) is 5.82. The van der Waals surface area contributed by atoms with Gasteiger partial charge in [0.2, 0.25) is 5.88 Å². The minimum absolute atomic E-state index is 0.00461. The molecule has 0 fully saturated rings. The first kappa shape index (κ1) is 13.8. The van der Waals surface area contributed by atoms with Gasteiger partial charge in [-0.05, 0) is 30.3 Å². The fraction of sp³-hybridized carbons (Fsp3) is 0. The summed E-state index contributed by atoms with van der Waals surface area (Å²) in [5.74, 6) is -1.61. The van der Waals surface area contributed by atoms with Gasteiger partial charge in [0.1, 0.15) is 11.3 Å². The number of hydrogen-bond donors (Lipinski definition) is 2. The van der Waals surface area contributed by atoms with Crippen LogP contribution < -0.4 is 10.5 Å². The summed E-state index contributed by atoms with van der Waals surface area (Å²) in [5.41, 5.74) is 5.33. The first-order valence-electron chi connectivity index (χ1n) is 5.44. The van der Waals surface area contributed by atoms with Gasteiger partial charge in [-0.15, -0.1) is 0 Å². The van der Waals surface area contributed by atoms with Crippen LogP contribution in [0.4, 0.5) is 0 Å². The first-order chi connectivity index (χ1) is 9.49. The molecule has 0 bridgehead atoms. The number of rotatable bonds is 4. The van der Waals surface area contributed by atoms with Crippen LogP contribution in [0.25, 0.3) is 0 Å². The maximum atomic E-state index is 11.2. The summed E-state index contributed by atoms with van der Waals surface area (Å²) in [6.45, 7) is 0. The van der Waals surface area contributed by atoms with Crippen molar-refractivity contribution in [2.24, 2.45) is 5.73 Å². The molecule has 0 aliphatic heterocycles. The molecule has 0 aliphatic carbocycles. The minimum atomic E-state index is -1.10. The summed E-state index contributed by atoms with van der Waals surface area (Å²) >= 11 is 5.92. The molecule has 0 unspecified atom stereocenters. The van der Waals surface area contributed by atoms with Crippen LogP contribution in [0.15, 0.2) is 36.5 Å². The molecular formula is C13H9ClN2O4. The van der Waals surface area contributed by atoms with Crippen molar-refractivity contribution >= 4 is 23.5 Å². The number of carbonyl (C=O) groups is 2. The van der Waals surface area contributed by atoms with Crippen LogP contribution in [-0.2, 0) is 0 Å². The van der Waals surface area contributed by atoms with Gasteiger partial charge in [0.15, 0.2) is 0 Å². The van der Waals surface area contributed by atoms with Crippen molar-refractivity contribution in [3.63, 3.8) is 0 Å². The third-order valence-corrected chi connectivity index (χ3v) is 2.72. The number of primary amides is 1. The van der Waals surface area contributed by atoms with Gasteiger partial charge >= 0.3 is 5.97 Å². The second kappa shape index (κ2) is 5.58. The number of nitrogens with two attached hydrogens (primary N) is 1. The molecule has 7 heteroatoms. The quantitative estimate of drug-likeness (QED) is 0.900. The van der Waals surface area contributed by atoms with Gasteiger partial charge in [-0.3, -0.25) is 4.79 Å². The van der Waals surface area contributed by atoms with Crippen molar-refractivity contribution in [1.82, 2.24) is 4.98 Å². The number of halogens is 1. The van der Waals surface area contributed by atoms with E-state index in [0.29, 0.717) is 0 Å². The molecule has 0 aliphatic rings. The standard InChI is InChI=1S/C13H9ClN2O4/c14-9-6-7(13(18)19)3-4-10(9)20-12-8(11(15)17)2-1-5-16-12/h1-6H,(H2,15,17)(H,18,19). The molecule has 0 saturated heterocycles. The lowest BCUT2D eigenvalue weighted by Crippen LogP contribution is -2.12. The summed E-state index contributed by atoms with van der Waals surface area (Å²) in [6.07, 6.45) is 1.43. The topological polar surface area (TPSA) is 103 Å². The fourth-order valence-corrected chi connectivity index (χ4v) is 1.70. The second-order valence-electron chi connectivity index (χ2n) is 3.77. The van der Waals surface area contributed by atoms with Crippen molar-refractivity contribution in [1.29, 1.82) is 0 Å². The SMILES string of the molecule is NC(=O)c1cccnc1Oc1ccc(C(=O)O)cc1Cl. The molecule has 0 atom stereocenters. The number of carbonyl (C=O) groups excluding carboxylic acids is 1. The molecule has 2 aromatic rings. The lowest BCUT2D eigenvalue weighted by atomic mass is 10.2. The number of hydrogen-bond acceptors (Lipinski definition) is 4. The number of ether oxygens (including phenoxy) is 1. The molecular weight excluding hydrogens is 284 g/mol. The Balaban J connectivity index is 2.36. The van der Waals surface area contributed by atoms with Crippen LogP contribution in [0.5, 0.6) is 11.6 Å². The Labute approximate surface area is 118 Å². The number of pyridine rings is 1. The van der Waals surface area contributed by atoms with E-state index in [0.717, 1.165) is 0 Å². The van der Waals surface area contributed by atoms with Gasteiger partial charge in [0, 0.05) is 6.20 Å². The Hall–Kier alpha value is -2.60. The van der Waals surface area contributed by atoms with Crippen molar-refractivity contribution in [2.75, 3.05) is 0 Å². The highest BCUT2D eigenvalue weighted by atomic mass is 35.5. The van der Waals surface area contributed by atoms with Crippen molar-refractivity contribution in [2.45, 2.75) is 0 Å². The predicted octanol–water partition coefficient (Wildman–Crippen LogP) is 2.32. The van der Waals surface area contributed by atoms with Crippen LogP contribution in [0.3, 0.4) is 0 Å². The molecule has 1 amide bonds. The predicted molar refractivity (Wildman–Crippen MR) is 71.2 cm³/mol. The maximum absolute atomic E-state index is 11.2. The lowest BCUT2D eigenvalue weighted by molar-refractivity contribution is 0.0696. The number of aromatic nitrogens is 1. The van der Waals surface area contributed by atoms with Crippen molar-refractivity contribution in [3.8, 4) is 11.6 Å². The Bertz CT molecular complexity index is 688. The summed E-state index contributed by atoms with van der Waals surface area (Å²) in [7, 11) is 0. The van der Waals surface area contributed by atoms with Gasteiger partial charge in [-0.1, -0.05) is 11.6 Å². The average molecular weight is 293 g/mol. The van der Waals surface area contributed by atoms with E-state index in [1.807, 2.05) is 0 Å². The third kappa shape index (κ3) is 2.86. The molecule has 1 heterocycles. The maximum Gasteiger partial charge on any atom is 0.335 e. The Kier molecular flexibility index (Phi) is 3.86. The van der Waals surface area contributed by atoms with E-state index >= 15 is 0 Å². The summed E-state index contributed by atoms with van der Waals surface area (Å²) in [6, 6.07) is 6.96. The van der Waals surface area contributed by atoms with Gasteiger partial charge < -0.3 is 15.6 Å². The van der Waals surface area contributed by atoms with E-state index in [4.69, 9.17) is 27.2 Å². The minimum Gasteiger partial charge on any atom is -0.478 e. The summed E-state index contributed by atoms with van der Waals surface area (Å²) < 4.78 is 5.40. The second-order valence-corrected chi connectivity index (χ2v) is 4.18. The zero-order chi connectivity index (χ0) is 14.7. The van der Waals surface area contributed by atoms with Gasteiger partial charge in [0.25, 0.3) is 5.91 Å². The molecule has 3 N–H and O–H groups in total. The van der Waals surface area contributed by atoms with E-state index < -0.39 is 11.9 Å². The molecule has 102 valence electrons.